The van der Waals surface area contributed by atoms with Gasteiger partial charge in [-0.05, 0) is 47.6 Å². The minimum atomic E-state index is -0.399. The number of nitrogens with zero attached hydrogens (tertiary/aromatic N) is 2. The Morgan fingerprint density at radius 3 is 2.71 bits per heavy atom. The summed E-state index contributed by atoms with van der Waals surface area (Å²) in [6, 6.07) is 4.98. The van der Waals surface area contributed by atoms with E-state index in [0.29, 0.717) is 17.8 Å². The van der Waals surface area contributed by atoms with Gasteiger partial charge < -0.3 is 5.32 Å². The van der Waals surface area contributed by atoms with Crippen LogP contribution in [0.3, 0.4) is 0 Å². The first kappa shape index (κ1) is 16.4. The monoisotopic (exact) mass is 419 g/mol. The lowest BCUT2D eigenvalue weighted by Gasteiger charge is -2.12. The van der Waals surface area contributed by atoms with Crippen molar-refractivity contribution in [2.45, 2.75) is 26.7 Å². The van der Waals surface area contributed by atoms with Crippen molar-refractivity contribution < 1.29 is 4.39 Å². The standard InChI is InChI=1S/C15H16ClFIN3/c1-3-11-14(18)15(19-4-2)21-12(20-11)8-9-6-5-7-10(16)13(9)17/h5-7H,3-4,8H2,1-2H3,(H,19,20,21). The molecule has 0 aliphatic carbocycles. The van der Waals surface area contributed by atoms with E-state index in [0.717, 1.165) is 28.0 Å². The Hall–Kier alpha value is -0.950. The average molecular weight is 420 g/mol. The molecule has 0 aliphatic rings. The van der Waals surface area contributed by atoms with E-state index in [1.54, 1.807) is 12.1 Å². The van der Waals surface area contributed by atoms with Crippen LogP contribution < -0.4 is 5.32 Å². The molecule has 0 amide bonds. The van der Waals surface area contributed by atoms with Crippen molar-refractivity contribution in [3.8, 4) is 0 Å². The molecule has 1 aromatic heterocycles. The fraction of sp³-hybridized carbons (Fsp3) is 0.333. The number of halogens is 3. The molecule has 6 heteroatoms. The third kappa shape index (κ3) is 3.83. The quantitative estimate of drug-likeness (QED) is 0.727. The molecule has 2 rings (SSSR count). The summed E-state index contributed by atoms with van der Waals surface area (Å²) in [5, 5.41) is 3.35. The van der Waals surface area contributed by atoms with Crippen molar-refractivity contribution >= 4 is 40.0 Å². The van der Waals surface area contributed by atoms with Crippen LogP contribution in [-0.4, -0.2) is 16.5 Å². The van der Waals surface area contributed by atoms with E-state index in [1.807, 2.05) is 13.8 Å². The van der Waals surface area contributed by atoms with E-state index in [9.17, 15) is 4.39 Å². The molecule has 1 N–H and O–H groups in total. The van der Waals surface area contributed by atoms with E-state index in [1.165, 1.54) is 6.07 Å². The SMILES string of the molecule is CCNc1nc(Cc2cccc(Cl)c2F)nc(CC)c1I. The van der Waals surface area contributed by atoms with Gasteiger partial charge in [-0.3, -0.25) is 0 Å². The van der Waals surface area contributed by atoms with Crippen LogP contribution in [0, 0.1) is 9.39 Å². The number of benzene rings is 1. The predicted molar refractivity (Wildman–Crippen MR) is 92.5 cm³/mol. The highest BCUT2D eigenvalue weighted by Gasteiger charge is 2.13. The van der Waals surface area contributed by atoms with Crippen LogP contribution in [0.5, 0.6) is 0 Å². The van der Waals surface area contributed by atoms with Gasteiger partial charge in [0.2, 0.25) is 0 Å². The zero-order chi connectivity index (χ0) is 15.4. The molecule has 0 bridgehead atoms. The summed E-state index contributed by atoms with van der Waals surface area (Å²) in [5.74, 6) is 1.01. The zero-order valence-corrected chi connectivity index (χ0v) is 14.8. The highest BCUT2D eigenvalue weighted by atomic mass is 127. The first-order valence-corrected chi connectivity index (χ1v) is 8.24. The van der Waals surface area contributed by atoms with E-state index < -0.39 is 5.82 Å². The van der Waals surface area contributed by atoms with Gasteiger partial charge in [-0.15, -0.1) is 0 Å². The van der Waals surface area contributed by atoms with Crippen molar-refractivity contribution in [3.63, 3.8) is 0 Å². The average Bonchev–Trinajstić information content (AvgIpc) is 2.47. The second-order valence-corrected chi connectivity index (χ2v) is 6.01. The lowest BCUT2D eigenvalue weighted by atomic mass is 10.1. The van der Waals surface area contributed by atoms with Gasteiger partial charge in [0, 0.05) is 13.0 Å². The summed E-state index contributed by atoms with van der Waals surface area (Å²) in [6.07, 6.45) is 1.14. The van der Waals surface area contributed by atoms with Gasteiger partial charge in [-0.2, -0.15) is 0 Å². The molecule has 0 unspecified atom stereocenters. The summed E-state index contributed by atoms with van der Waals surface area (Å²) in [5.41, 5.74) is 1.48. The minimum Gasteiger partial charge on any atom is -0.369 e. The Morgan fingerprint density at radius 1 is 1.29 bits per heavy atom. The molecule has 2 aromatic rings. The zero-order valence-electron chi connectivity index (χ0n) is 11.9. The maximum atomic E-state index is 14.0. The van der Waals surface area contributed by atoms with Crippen LogP contribution in [0.4, 0.5) is 10.2 Å². The number of rotatable bonds is 5. The molecule has 0 saturated carbocycles. The van der Waals surface area contributed by atoms with Crippen LogP contribution in [0.15, 0.2) is 18.2 Å². The topological polar surface area (TPSA) is 37.8 Å². The van der Waals surface area contributed by atoms with Crippen molar-refractivity contribution in [2.24, 2.45) is 0 Å². The largest absolute Gasteiger partial charge is 0.369 e. The Kier molecular flexibility index (Phi) is 5.75. The number of nitrogens with one attached hydrogen (secondary N) is 1. The maximum absolute atomic E-state index is 14.0. The van der Waals surface area contributed by atoms with Crippen LogP contribution >= 0.6 is 34.2 Å². The molecule has 0 spiro atoms. The highest BCUT2D eigenvalue weighted by molar-refractivity contribution is 14.1. The maximum Gasteiger partial charge on any atom is 0.145 e. The van der Waals surface area contributed by atoms with Gasteiger partial charge in [0.25, 0.3) is 0 Å². The third-order valence-corrected chi connectivity index (χ3v) is 4.45. The molecule has 3 nitrogen and oxygen atoms in total. The van der Waals surface area contributed by atoms with E-state index >= 15 is 0 Å². The van der Waals surface area contributed by atoms with Crippen LogP contribution in [0.2, 0.25) is 5.02 Å². The molecule has 21 heavy (non-hydrogen) atoms. The molecule has 0 fully saturated rings. The molecule has 112 valence electrons. The van der Waals surface area contributed by atoms with Gasteiger partial charge in [-0.1, -0.05) is 30.7 Å². The van der Waals surface area contributed by atoms with Gasteiger partial charge in [0.1, 0.15) is 17.5 Å². The fourth-order valence-corrected chi connectivity index (χ4v) is 3.01. The van der Waals surface area contributed by atoms with Crippen LogP contribution in [0.1, 0.15) is 30.9 Å². The number of aryl methyl sites for hydroxylation is 1. The summed E-state index contributed by atoms with van der Waals surface area (Å²) < 4.78 is 15.0. The molecular formula is C15H16ClFIN3. The Morgan fingerprint density at radius 2 is 2.05 bits per heavy atom. The number of hydrogen-bond donors (Lipinski definition) is 1. The first-order chi connectivity index (χ1) is 10.1. The van der Waals surface area contributed by atoms with Gasteiger partial charge in [-0.25, -0.2) is 14.4 Å². The van der Waals surface area contributed by atoms with E-state index in [4.69, 9.17) is 11.6 Å². The third-order valence-electron chi connectivity index (χ3n) is 3.03. The summed E-state index contributed by atoms with van der Waals surface area (Å²) in [7, 11) is 0. The van der Waals surface area contributed by atoms with Gasteiger partial charge >= 0.3 is 0 Å². The van der Waals surface area contributed by atoms with Gasteiger partial charge in [0.05, 0.1) is 14.3 Å². The number of aromatic nitrogens is 2. The Bertz CT molecular complexity index is 649. The lowest BCUT2D eigenvalue weighted by molar-refractivity contribution is 0.612. The van der Waals surface area contributed by atoms with Crippen molar-refractivity contribution in [1.82, 2.24) is 9.97 Å². The van der Waals surface area contributed by atoms with E-state index in [2.05, 4.69) is 37.9 Å². The molecule has 0 saturated heterocycles. The van der Waals surface area contributed by atoms with Gasteiger partial charge in [0.15, 0.2) is 0 Å². The van der Waals surface area contributed by atoms with Crippen LogP contribution in [-0.2, 0) is 12.8 Å². The van der Waals surface area contributed by atoms with Crippen molar-refractivity contribution in [1.29, 1.82) is 0 Å². The summed E-state index contributed by atoms with van der Waals surface area (Å²) in [6.45, 7) is 4.84. The first-order valence-electron chi connectivity index (χ1n) is 6.78. The second kappa shape index (κ2) is 7.35. The summed E-state index contributed by atoms with van der Waals surface area (Å²) >= 11 is 8.06. The molecule has 0 atom stereocenters. The number of hydrogen-bond acceptors (Lipinski definition) is 3. The smallest absolute Gasteiger partial charge is 0.145 e. The normalized spacial score (nSPS) is 10.7. The number of anilines is 1. The van der Waals surface area contributed by atoms with Crippen molar-refractivity contribution in [3.05, 3.63) is 49.7 Å². The predicted octanol–water partition coefficient (Wildman–Crippen LogP) is 4.46. The summed E-state index contributed by atoms with van der Waals surface area (Å²) in [4.78, 5) is 9.03. The molecule has 1 heterocycles. The second-order valence-electron chi connectivity index (χ2n) is 4.52. The lowest BCUT2D eigenvalue weighted by Crippen LogP contribution is -2.10. The van der Waals surface area contributed by atoms with Crippen LogP contribution in [0.25, 0.3) is 0 Å². The molecule has 0 aliphatic heterocycles. The highest BCUT2D eigenvalue weighted by Crippen LogP contribution is 2.23. The molecule has 1 aromatic carbocycles. The Labute approximate surface area is 142 Å². The molecular weight excluding hydrogens is 404 g/mol. The van der Waals surface area contributed by atoms with E-state index in [-0.39, 0.29) is 5.02 Å². The fourth-order valence-electron chi connectivity index (χ4n) is 2.00. The minimum absolute atomic E-state index is 0.126. The Balaban J connectivity index is 2.39. The van der Waals surface area contributed by atoms with Crippen molar-refractivity contribution in [2.75, 3.05) is 11.9 Å². The molecule has 0 radical (unpaired) electrons.